The summed E-state index contributed by atoms with van der Waals surface area (Å²) in [5.74, 6) is -1.30. The molecular weight excluding hydrogens is 571 g/mol. The third kappa shape index (κ3) is 9.62. The minimum atomic E-state index is -4.83. The molecule has 0 aliphatic heterocycles. The van der Waals surface area contributed by atoms with Gasteiger partial charge in [0.25, 0.3) is 0 Å². The van der Waals surface area contributed by atoms with Crippen LogP contribution < -0.4 is 5.32 Å². The summed E-state index contributed by atoms with van der Waals surface area (Å²) in [5, 5.41) is 23.0. The van der Waals surface area contributed by atoms with Gasteiger partial charge in [0.05, 0.1) is 16.6 Å². The van der Waals surface area contributed by atoms with Crippen LogP contribution in [0.4, 0.5) is 13.2 Å². The average molecular weight is 608 g/mol. The van der Waals surface area contributed by atoms with Crippen molar-refractivity contribution in [1.29, 1.82) is 0 Å². The predicted octanol–water partition coefficient (Wildman–Crippen LogP) is 4.76. The number of halogens is 3. The lowest BCUT2D eigenvalue weighted by atomic mass is 9.95. The van der Waals surface area contributed by atoms with Gasteiger partial charge in [-0.05, 0) is 74.6 Å². The van der Waals surface area contributed by atoms with E-state index in [1.807, 2.05) is 32.0 Å². The fraction of sp³-hybridized carbons (Fsp3) is 0.400. The number of sulfonamides is 1. The highest BCUT2D eigenvalue weighted by Gasteiger charge is 2.34. The van der Waals surface area contributed by atoms with Gasteiger partial charge in [-0.25, -0.2) is 18.2 Å². The minimum absolute atomic E-state index is 0.00805. The summed E-state index contributed by atoms with van der Waals surface area (Å²) in [7, 11) is -3.22. The van der Waals surface area contributed by atoms with Gasteiger partial charge in [0.1, 0.15) is 5.69 Å². The van der Waals surface area contributed by atoms with Crippen LogP contribution in [-0.4, -0.2) is 65.7 Å². The van der Waals surface area contributed by atoms with Gasteiger partial charge in [0, 0.05) is 37.8 Å². The van der Waals surface area contributed by atoms with E-state index in [4.69, 9.17) is 5.11 Å². The van der Waals surface area contributed by atoms with Crippen LogP contribution in [0.1, 0.15) is 59.6 Å². The number of hydrogen-bond acceptors (Lipinski definition) is 6. The van der Waals surface area contributed by atoms with E-state index in [0.29, 0.717) is 6.07 Å². The van der Waals surface area contributed by atoms with Gasteiger partial charge >= 0.3 is 12.1 Å². The number of aliphatic hydroxyl groups excluding tert-OH is 1. The number of benzene rings is 2. The molecule has 3 N–H and O–H groups in total. The van der Waals surface area contributed by atoms with Crippen LogP contribution in [0.3, 0.4) is 0 Å². The standard InChI is InChI=1S/C30H36F3N3O5S/c1-29(2,14-8-11-21-9-5-4-6-10-21)34-19-25(37)20-36(3)42(40,41)26-17-22(15-23(18-26)30(31,32)33)16-24-12-7-13-27(35-24)28(38)39/h4-7,9-10,12-13,15,17-18,25,34,37H,8,11,14,16,19-20H2,1-3H3,(H,38,39)/t25-/m1/s1. The first-order chi connectivity index (χ1) is 19.6. The molecule has 1 atom stereocenters. The summed E-state index contributed by atoms with van der Waals surface area (Å²) >= 11 is 0. The molecule has 2 aromatic carbocycles. The van der Waals surface area contributed by atoms with Gasteiger partial charge in [-0.15, -0.1) is 0 Å². The van der Waals surface area contributed by atoms with Crippen LogP contribution in [0.5, 0.6) is 0 Å². The number of carbonyl (C=O) groups is 1. The van der Waals surface area contributed by atoms with E-state index >= 15 is 0 Å². The maximum absolute atomic E-state index is 13.7. The van der Waals surface area contributed by atoms with Crippen molar-refractivity contribution in [3.05, 3.63) is 94.8 Å². The second-order valence-electron chi connectivity index (χ2n) is 10.9. The second-order valence-corrected chi connectivity index (χ2v) is 12.9. The van der Waals surface area contributed by atoms with Gasteiger partial charge < -0.3 is 15.5 Å². The first kappa shape index (κ1) is 33.2. The molecule has 1 heterocycles. The number of carboxylic acids is 1. The molecule has 0 radical (unpaired) electrons. The number of hydrogen-bond donors (Lipinski definition) is 3. The fourth-order valence-electron chi connectivity index (χ4n) is 4.48. The third-order valence-corrected chi connectivity index (χ3v) is 8.61. The highest BCUT2D eigenvalue weighted by molar-refractivity contribution is 7.89. The van der Waals surface area contributed by atoms with E-state index in [1.165, 1.54) is 30.8 Å². The lowest BCUT2D eigenvalue weighted by molar-refractivity contribution is -0.137. The maximum atomic E-state index is 13.7. The third-order valence-electron chi connectivity index (χ3n) is 6.81. The largest absolute Gasteiger partial charge is 0.477 e. The summed E-state index contributed by atoms with van der Waals surface area (Å²) in [6, 6.07) is 16.6. The molecule has 0 amide bonds. The predicted molar refractivity (Wildman–Crippen MR) is 153 cm³/mol. The van der Waals surface area contributed by atoms with E-state index in [1.54, 1.807) is 0 Å². The van der Waals surface area contributed by atoms with Crippen molar-refractivity contribution in [3.8, 4) is 0 Å². The number of aryl methyl sites for hydroxylation is 1. The Morgan fingerprint density at radius 3 is 2.36 bits per heavy atom. The molecule has 3 aromatic rings. The van der Waals surface area contributed by atoms with Gasteiger partial charge in [-0.1, -0.05) is 36.4 Å². The number of likely N-dealkylation sites (N-methyl/N-ethyl adjacent to an activating group) is 1. The van der Waals surface area contributed by atoms with E-state index in [2.05, 4.69) is 22.4 Å². The van der Waals surface area contributed by atoms with Crippen molar-refractivity contribution >= 4 is 16.0 Å². The average Bonchev–Trinajstić information content (AvgIpc) is 2.92. The monoisotopic (exact) mass is 607 g/mol. The molecule has 0 unspecified atom stereocenters. The molecule has 0 fully saturated rings. The lowest BCUT2D eigenvalue weighted by Gasteiger charge is -2.29. The second kappa shape index (κ2) is 13.8. The number of aromatic carboxylic acids is 1. The zero-order valence-corrected chi connectivity index (χ0v) is 24.5. The Morgan fingerprint density at radius 2 is 1.71 bits per heavy atom. The van der Waals surface area contributed by atoms with Gasteiger partial charge in [-0.2, -0.15) is 17.5 Å². The first-order valence-corrected chi connectivity index (χ1v) is 14.8. The molecule has 3 rings (SSSR count). The van der Waals surface area contributed by atoms with Crippen molar-refractivity contribution in [2.24, 2.45) is 0 Å². The van der Waals surface area contributed by atoms with E-state index in [9.17, 15) is 31.5 Å². The molecule has 12 heteroatoms. The van der Waals surface area contributed by atoms with Crippen molar-refractivity contribution < 1.29 is 36.6 Å². The SMILES string of the molecule is CN(C[C@H](O)CNC(C)(C)CCCc1ccccc1)S(=O)(=O)c1cc(Cc2cccc(C(=O)O)n2)cc(C(F)(F)F)c1. The number of nitrogens with one attached hydrogen (secondary N) is 1. The molecule has 0 bridgehead atoms. The Balaban J connectivity index is 1.69. The van der Waals surface area contributed by atoms with Crippen molar-refractivity contribution in [1.82, 2.24) is 14.6 Å². The number of alkyl halides is 3. The van der Waals surface area contributed by atoms with Crippen LogP contribution in [-0.2, 0) is 29.0 Å². The fourth-order valence-corrected chi connectivity index (χ4v) is 5.79. The quantitative estimate of drug-likeness (QED) is 0.242. The number of rotatable bonds is 14. The molecule has 228 valence electrons. The molecule has 8 nitrogen and oxygen atoms in total. The van der Waals surface area contributed by atoms with E-state index in [-0.39, 0.29) is 42.0 Å². The summed E-state index contributed by atoms with van der Waals surface area (Å²) in [5.41, 5.74) is -0.405. The van der Waals surface area contributed by atoms with Crippen LogP contribution >= 0.6 is 0 Å². The Kier molecular flexibility index (Phi) is 10.9. The summed E-state index contributed by atoms with van der Waals surface area (Å²) < 4.78 is 68.5. The Bertz CT molecular complexity index is 1460. The maximum Gasteiger partial charge on any atom is 0.416 e. The number of aromatic nitrogens is 1. The van der Waals surface area contributed by atoms with Gasteiger partial charge in [0.15, 0.2) is 0 Å². The molecular formula is C30H36F3N3O5S. The number of β-amino-alcohol motifs (C(OH)–C–C–N with tert-alkyl or cyclic N) is 1. The van der Waals surface area contributed by atoms with Crippen LogP contribution in [0, 0.1) is 0 Å². The minimum Gasteiger partial charge on any atom is -0.477 e. The Labute approximate surface area is 244 Å². The van der Waals surface area contributed by atoms with Crippen molar-refractivity contribution in [3.63, 3.8) is 0 Å². The van der Waals surface area contributed by atoms with Crippen LogP contribution in [0.2, 0.25) is 0 Å². The Hall–Kier alpha value is -3.32. The zero-order chi connectivity index (χ0) is 31.1. The Morgan fingerprint density at radius 1 is 1.02 bits per heavy atom. The van der Waals surface area contributed by atoms with Crippen LogP contribution in [0.25, 0.3) is 0 Å². The number of aliphatic hydroxyl groups is 1. The van der Waals surface area contributed by atoms with Gasteiger partial charge in [0.2, 0.25) is 10.0 Å². The smallest absolute Gasteiger partial charge is 0.416 e. The highest BCUT2D eigenvalue weighted by atomic mass is 32.2. The molecule has 1 aromatic heterocycles. The molecule has 0 spiro atoms. The molecule has 0 aliphatic rings. The molecule has 0 aliphatic carbocycles. The number of carboxylic acid groups (broad SMARTS) is 1. The van der Waals surface area contributed by atoms with Crippen LogP contribution in [0.15, 0.2) is 71.6 Å². The summed E-state index contributed by atoms with van der Waals surface area (Å²) in [6.07, 6.45) is -3.56. The van der Waals surface area contributed by atoms with Gasteiger partial charge in [-0.3, -0.25) is 0 Å². The van der Waals surface area contributed by atoms with E-state index < -0.39 is 38.7 Å². The highest BCUT2D eigenvalue weighted by Crippen LogP contribution is 2.33. The zero-order valence-electron chi connectivity index (χ0n) is 23.7. The van der Waals surface area contributed by atoms with E-state index in [0.717, 1.165) is 35.7 Å². The van der Waals surface area contributed by atoms with Crippen molar-refractivity contribution in [2.75, 3.05) is 20.1 Å². The lowest BCUT2D eigenvalue weighted by Crippen LogP contribution is -2.46. The number of nitrogens with zero attached hydrogens (tertiary/aromatic N) is 2. The molecule has 0 saturated heterocycles. The number of pyridine rings is 1. The summed E-state index contributed by atoms with van der Waals surface area (Å²) in [6.45, 7) is 3.70. The summed E-state index contributed by atoms with van der Waals surface area (Å²) in [4.78, 5) is 14.5. The first-order valence-electron chi connectivity index (χ1n) is 13.4. The molecule has 0 saturated carbocycles. The molecule has 42 heavy (non-hydrogen) atoms. The van der Waals surface area contributed by atoms with Crippen molar-refractivity contribution in [2.45, 2.75) is 62.2 Å². The topological polar surface area (TPSA) is 120 Å². The normalized spacial score (nSPS) is 13.3.